The molecule has 0 aliphatic heterocycles. The van der Waals surface area contributed by atoms with Crippen LogP contribution in [0.2, 0.25) is 0 Å². The monoisotopic (exact) mass is 316 g/mol. The lowest BCUT2D eigenvalue weighted by molar-refractivity contribution is -0.121. The highest BCUT2D eigenvalue weighted by molar-refractivity contribution is 5.76. The second-order valence-electron chi connectivity index (χ2n) is 5.48. The van der Waals surface area contributed by atoms with Gasteiger partial charge in [0, 0.05) is 18.5 Å². The first kappa shape index (κ1) is 17.1. The fraction of sp³-hybridized carbons (Fsp3) is 0.444. The smallest absolute Gasteiger partial charge is 0.220 e. The zero-order valence-corrected chi connectivity index (χ0v) is 13.6. The topological polar surface area (TPSA) is 64.4 Å². The van der Waals surface area contributed by atoms with E-state index in [-0.39, 0.29) is 5.91 Å². The quantitative estimate of drug-likeness (QED) is 0.684. The van der Waals surface area contributed by atoms with Gasteiger partial charge in [-0.15, -0.1) is 0 Å². The van der Waals surface area contributed by atoms with Gasteiger partial charge in [-0.3, -0.25) is 4.79 Å². The van der Waals surface area contributed by atoms with Gasteiger partial charge in [0.05, 0.1) is 12.8 Å². The fourth-order valence-electron chi connectivity index (χ4n) is 2.19. The summed E-state index contributed by atoms with van der Waals surface area (Å²) in [5, 5.41) is 6.59. The molecule has 2 aromatic rings. The molecule has 0 atom stereocenters. The maximum absolute atomic E-state index is 11.8. The van der Waals surface area contributed by atoms with Crippen molar-refractivity contribution in [2.24, 2.45) is 0 Å². The first-order chi connectivity index (χ1) is 11.3. The molecule has 0 aliphatic rings. The Kier molecular flexibility index (Phi) is 7.17. The van der Waals surface area contributed by atoms with Crippen molar-refractivity contribution < 1.29 is 14.1 Å². The van der Waals surface area contributed by atoms with Crippen LogP contribution in [0.25, 0.3) is 0 Å². The molecule has 23 heavy (non-hydrogen) atoms. The maximum Gasteiger partial charge on any atom is 0.220 e. The van der Waals surface area contributed by atoms with E-state index in [1.54, 1.807) is 12.5 Å². The highest BCUT2D eigenvalue weighted by atomic mass is 16.5. The van der Waals surface area contributed by atoms with Gasteiger partial charge in [-0.05, 0) is 43.4 Å². The summed E-state index contributed by atoms with van der Waals surface area (Å²) in [6.45, 7) is 3.49. The number of ether oxygens (including phenoxy) is 1. The Morgan fingerprint density at radius 3 is 2.74 bits per heavy atom. The number of carbonyl (C=O) groups is 1. The van der Waals surface area contributed by atoms with E-state index >= 15 is 0 Å². The molecule has 2 rings (SSSR count). The summed E-state index contributed by atoms with van der Waals surface area (Å²) in [6.07, 6.45) is 7.33. The molecule has 0 saturated carbocycles. The van der Waals surface area contributed by atoms with E-state index in [1.165, 1.54) is 0 Å². The molecule has 1 heterocycles. The first-order valence-electron chi connectivity index (χ1n) is 8.14. The van der Waals surface area contributed by atoms with Crippen LogP contribution in [0.1, 0.15) is 37.3 Å². The van der Waals surface area contributed by atoms with Crippen LogP contribution in [0, 0.1) is 0 Å². The number of nitrogens with one attached hydrogen (secondary N) is 1. The van der Waals surface area contributed by atoms with E-state index in [4.69, 9.17) is 9.26 Å². The average molecular weight is 316 g/mol. The second kappa shape index (κ2) is 9.66. The molecule has 0 spiro atoms. The number of rotatable bonds is 10. The number of hydrogen-bond donors (Lipinski definition) is 1. The van der Waals surface area contributed by atoms with Crippen LogP contribution >= 0.6 is 0 Å². The number of hydrogen-bond acceptors (Lipinski definition) is 4. The van der Waals surface area contributed by atoms with Crippen LogP contribution in [0.3, 0.4) is 0 Å². The van der Waals surface area contributed by atoms with Crippen LogP contribution in [-0.2, 0) is 17.6 Å². The van der Waals surface area contributed by atoms with Crippen molar-refractivity contribution in [3.8, 4) is 5.75 Å². The molecule has 1 amide bonds. The van der Waals surface area contributed by atoms with E-state index in [0.717, 1.165) is 49.2 Å². The third kappa shape index (κ3) is 6.55. The zero-order valence-electron chi connectivity index (χ0n) is 13.6. The molecule has 0 saturated heterocycles. The number of nitrogens with zero attached hydrogens (tertiary/aromatic N) is 1. The normalized spacial score (nSPS) is 10.5. The molecule has 0 unspecified atom stereocenters. The van der Waals surface area contributed by atoms with Crippen LogP contribution in [0.15, 0.2) is 41.2 Å². The molecule has 0 fully saturated rings. The Morgan fingerprint density at radius 2 is 2.04 bits per heavy atom. The number of aryl methyl sites for hydroxylation is 2. The molecule has 0 radical (unpaired) electrons. The fourth-order valence-corrected chi connectivity index (χ4v) is 2.19. The van der Waals surface area contributed by atoms with E-state index in [9.17, 15) is 4.79 Å². The van der Waals surface area contributed by atoms with Crippen molar-refractivity contribution in [3.63, 3.8) is 0 Å². The molecule has 124 valence electrons. The minimum atomic E-state index is 0.0848. The van der Waals surface area contributed by atoms with Crippen molar-refractivity contribution in [1.82, 2.24) is 10.5 Å². The van der Waals surface area contributed by atoms with Crippen molar-refractivity contribution in [3.05, 3.63) is 47.9 Å². The SMILES string of the molecule is CCCOc1ccc(CCC(=O)NCCCc2cnoc2)cc1. The summed E-state index contributed by atoms with van der Waals surface area (Å²) in [6, 6.07) is 7.96. The Morgan fingerprint density at radius 1 is 1.22 bits per heavy atom. The van der Waals surface area contributed by atoms with Crippen LogP contribution in [0.5, 0.6) is 5.75 Å². The Labute approximate surface area is 137 Å². The molecule has 1 N–H and O–H groups in total. The standard InChI is InChI=1S/C18H24N2O3/c1-2-12-22-17-8-5-15(6-9-17)7-10-18(21)19-11-3-4-16-13-20-23-14-16/h5-6,8-9,13-14H,2-4,7,10-12H2,1H3,(H,19,21). The molecular formula is C18H24N2O3. The van der Waals surface area contributed by atoms with Crippen LogP contribution in [0.4, 0.5) is 0 Å². The van der Waals surface area contributed by atoms with Crippen molar-refractivity contribution in [1.29, 1.82) is 0 Å². The summed E-state index contributed by atoms with van der Waals surface area (Å²) in [4.78, 5) is 11.8. The van der Waals surface area contributed by atoms with Gasteiger partial charge >= 0.3 is 0 Å². The van der Waals surface area contributed by atoms with Crippen molar-refractivity contribution >= 4 is 5.91 Å². The predicted molar refractivity (Wildman–Crippen MR) is 88.4 cm³/mol. The summed E-state index contributed by atoms with van der Waals surface area (Å²) < 4.78 is 10.3. The lowest BCUT2D eigenvalue weighted by Crippen LogP contribution is -2.24. The first-order valence-corrected chi connectivity index (χ1v) is 8.14. The van der Waals surface area contributed by atoms with Crippen LogP contribution < -0.4 is 10.1 Å². The van der Waals surface area contributed by atoms with E-state index in [1.807, 2.05) is 24.3 Å². The predicted octanol–water partition coefficient (Wildman–Crippen LogP) is 3.15. The van der Waals surface area contributed by atoms with Gasteiger partial charge in [-0.1, -0.05) is 24.2 Å². The Hall–Kier alpha value is -2.30. The largest absolute Gasteiger partial charge is 0.494 e. The number of amides is 1. The minimum Gasteiger partial charge on any atom is -0.494 e. The van der Waals surface area contributed by atoms with Gasteiger partial charge in [0.25, 0.3) is 0 Å². The highest BCUT2D eigenvalue weighted by Gasteiger charge is 2.03. The molecule has 1 aromatic heterocycles. The Bertz CT molecular complexity index is 564. The third-order valence-electron chi connectivity index (χ3n) is 3.48. The number of carbonyl (C=O) groups excluding carboxylic acids is 1. The number of benzene rings is 1. The number of aromatic nitrogens is 1. The minimum absolute atomic E-state index is 0.0848. The molecule has 1 aromatic carbocycles. The lowest BCUT2D eigenvalue weighted by atomic mass is 10.1. The lowest BCUT2D eigenvalue weighted by Gasteiger charge is -2.07. The van der Waals surface area contributed by atoms with Gasteiger partial charge in [-0.25, -0.2) is 0 Å². The third-order valence-corrected chi connectivity index (χ3v) is 3.48. The van der Waals surface area contributed by atoms with Gasteiger partial charge < -0.3 is 14.6 Å². The van der Waals surface area contributed by atoms with Gasteiger partial charge in [0.15, 0.2) is 0 Å². The molecule has 5 nitrogen and oxygen atoms in total. The second-order valence-corrected chi connectivity index (χ2v) is 5.48. The van der Waals surface area contributed by atoms with E-state index < -0.39 is 0 Å². The van der Waals surface area contributed by atoms with E-state index in [2.05, 4.69) is 17.4 Å². The summed E-state index contributed by atoms with van der Waals surface area (Å²) in [5.41, 5.74) is 2.21. The molecule has 0 bridgehead atoms. The molecule has 5 heteroatoms. The highest BCUT2D eigenvalue weighted by Crippen LogP contribution is 2.13. The Balaban J connectivity index is 1.60. The van der Waals surface area contributed by atoms with Crippen molar-refractivity contribution in [2.45, 2.75) is 39.0 Å². The zero-order chi connectivity index (χ0) is 16.3. The van der Waals surface area contributed by atoms with E-state index in [0.29, 0.717) is 13.0 Å². The molecule has 0 aliphatic carbocycles. The summed E-state index contributed by atoms with van der Waals surface area (Å²) in [7, 11) is 0. The van der Waals surface area contributed by atoms with Gasteiger partial charge in [-0.2, -0.15) is 0 Å². The molecular weight excluding hydrogens is 292 g/mol. The van der Waals surface area contributed by atoms with Crippen molar-refractivity contribution in [2.75, 3.05) is 13.2 Å². The summed E-state index contributed by atoms with van der Waals surface area (Å²) in [5.74, 6) is 0.968. The maximum atomic E-state index is 11.8. The van der Waals surface area contributed by atoms with Crippen LogP contribution in [-0.4, -0.2) is 24.2 Å². The average Bonchev–Trinajstić information content (AvgIpc) is 3.09. The van der Waals surface area contributed by atoms with Gasteiger partial charge in [0.1, 0.15) is 12.0 Å². The van der Waals surface area contributed by atoms with Gasteiger partial charge in [0.2, 0.25) is 5.91 Å². The summed E-state index contributed by atoms with van der Waals surface area (Å²) >= 11 is 0.